The van der Waals surface area contributed by atoms with Crippen LogP contribution in [0, 0.1) is 0 Å². The van der Waals surface area contributed by atoms with Gasteiger partial charge in [-0.15, -0.1) is 11.8 Å². The fourth-order valence-electron chi connectivity index (χ4n) is 2.30. The lowest BCUT2D eigenvalue weighted by molar-refractivity contribution is 0.604. The highest BCUT2D eigenvalue weighted by molar-refractivity contribution is 7.98. The van der Waals surface area contributed by atoms with Crippen LogP contribution < -0.4 is 5.73 Å². The Balaban J connectivity index is 1.89. The molecule has 2 rings (SSSR count). The standard InChI is InChI=1S/C17H21NS/c1-19-17-13-6-5-11-15(17)16(18)12-7-10-14-8-3-2-4-9-14/h2-6,8-9,11,13,16H,7,10,12,18H2,1H3. The number of nitrogens with two attached hydrogens (primary N) is 1. The maximum absolute atomic E-state index is 6.32. The monoisotopic (exact) mass is 271 g/mol. The molecule has 0 aliphatic rings. The molecule has 2 aromatic rings. The number of rotatable bonds is 6. The van der Waals surface area contributed by atoms with E-state index in [0.717, 1.165) is 19.3 Å². The van der Waals surface area contributed by atoms with E-state index in [1.54, 1.807) is 11.8 Å². The summed E-state index contributed by atoms with van der Waals surface area (Å²) < 4.78 is 0. The van der Waals surface area contributed by atoms with Crippen LogP contribution in [0.5, 0.6) is 0 Å². The second kappa shape index (κ2) is 7.37. The molecule has 0 bridgehead atoms. The lowest BCUT2D eigenvalue weighted by Crippen LogP contribution is -2.11. The molecule has 1 unspecified atom stereocenters. The first-order chi connectivity index (χ1) is 9.31. The fourth-order valence-corrected chi connectivity index (χ4v) is 2.97. The van der Waals surface area contributed by atoms with Gasteiger partial charge in [0.1, 0.15) is 0 Å². The third-order valence-electron chi connectivity index (χ3n) is 3.36. The molecule has 2 N–H and O–H groups in total. The third-order valence-corrected chi connectivity index (χ3v) is 4.17. The highest BCUT2D eigenvalue weighted by Crippen LogP contribution is 2.27. The Morgan fingerprint density at radius 2 is 1.68 bits per heavy atom. The maximum Gasteiger partial charge on any atom is 0.0306 e. The Bertz CT molecular complexity index is 496. The van der Waals surface area contributed by atoms with Crippen molar-refractivity contribution < 1.29 is 0 Å². The van der Waals surface area contributed by atoms with Crippen molar-refractivity contribution in [2.24, 2.45) is 5.73 Å². The van der Waals surface area contributed by atoms with Crippen LogP contribution in [0.25, 0.3) is 0 Å². The van der Waals surface area contributed by atoms with E-state index >= 15 is 0 Å². The minimum absolute atomic E-state index is 0.146. The van der Waals surface area contributed by atoms with E-state index in [0.29, 0.717) is 0 Å². The first kappa shape index (κ1) is 14.2. The molecule has 0 saturated carbocycles. The van der Waals surface area contributed by atoms with Gasteiger partial charge in [0.2, 0.25) is 0 Å². The summed E-state index contributed by atoms with van der Waals surface area (Å²) in [7, 11) is 0. The first-order valence-electron chi connectivity index (χ1n) is 6.73. The zero-order valence-electron chi connectivity index (χ0n) is 11.4. The van der Waals surface area contributed by atoms with E-state index < -0.39 is 0 Å². The maximum atomic E-state index is 6.32. The van der Waals surface area contributed by atoms with Crippen LogP contribution in [0.3, 0.4) is 0 Å². The summed E-state index contributed by atoms with van der Waals surface area (Å²) in [5, 5.41) is 0. The minimum Gasteiger partial charge on any atom is -0.324 e. The number of hydrogen-bond acceptors (Lipinski definition) is 2. The lowest BCUT2D eigenvalue weighted by Gasteiger charge is -2.15. The summed E-state index contributed by atoms with van der Waals surface area (Å²) >= 11 is 1.77. The van der Waals surface area contributed by atoms with Crippen molar-refractivity contribution in [3.63, 3.8) is 0 Å². The molecule has 1 nitrogen and oxygen atoms in total. The predicted octanol–water partition coefficient (Wildman–Crippen LogP) is 4.43. The van der Waals surface area contributed by atoms with Gasteiger partial charge in [0.25, 0.3) is 0 Å². The highest BCUT2D eigenvalue weighted by Gasteiger charge is 2.09. The molecule has 2 aromatic carbocycles. The van der Waals surface area contributed by atoms with Crippen molar-refractivity contribution in [2.75, 3.05) is 6.26 Å². The molecule has 0 heterocycles. The normalized spacial score (nSPS) is 12.3. The van der Waals surface area contributed by atoms with Crippen LogP contribution >= 0.6 is 11.8 Å². The van der Waals surface area contributed by atoms with Gasteiger partial charge in [0.15, 0.2) is 0 Å². The summed E-state index contributed by atoms with van der Waals surface area (Å²) in [4.78, 5) is 1.30. The van der Waals surface area contributed by atoms with Crippen LogP contribution in [0.15, 0.2) is 59.5 Å². The number of thioether (sulfide) groups is 1. The van der Waals surface area contributed by atoms with Gasteiger partial charge in [-0.25, -0.2) is 0 Å². The van der Waals surface area contributed by atoms with E-state index in [1.165, 1.54) is 16.0 Å². The molecule has 2 heteroatoms. The molecule has 0 amide bonds. The Morgan fingerprint density at radius 3 is 2.42 bits per heavy atom. The van der Waals surface area contributed by atoms with Gasteiger partial charge in [-0.1, -0.05) is 48.5 Å². The summed E-state index contributed by atoms with van der Waals surface area (Å²) in [6.07, 6.45) is 5.38. The molecule has 0 aromatic heterocycles. The second-order valence-corrected chi connectivity index (χ2v) is 5.57. The number of aryl methyl sites for hydroxylation is 1. The van der Waals surface area contributed by atoms with Crippen molar-refractivity contribution in [3.8, 4) is 0 Å². The summed E-state index contributed by atoms with van der Waals surface area (Å²) in [6, 6.07) is 19.2. The van der Waals surface area contributed by atoms with Gasteiger partial charge in [0.05, 0.1) is 0 Å². The minimum atomic E-state index is 0.146. The Morgan fingerprint density at radius 1 is 1.00 bits per heavy atom. The van der Waals surface area contributed by atoms with E-state index in [1.807, 2.05) is 0 Å². The van der Waals surface area contributed by atoms with Crippen molar-refractivity contribution in [1.29, 1.82) is 0 Å². The number of benzene rings is 2. The SMILES string of the molecule is CSc1ccccc1C(N)CCCc1ccccc1. The Kier molecular flexibility index (Phi) is 5.49. The van der Waals surface area contributed by atoms with Gasteiger partial charge in [-0.05, 0) is 42.7 Å². The quantitative estimate of drug-likeness (QED) is 0.786. The Labute approximate surface area is 120 Å². The smallest absolute Gasteiger partial charge is 0.0306 e. The van der Waals surface area contributed by atoms with Crippen LogP contribution in [0.4, 0.5) is 0 Å². The van der Waals surface area contributed by atoms with Crippen molar-refractivity contribution in [3.05, 3.63) is 65.7 Å². The summed E-state index contributed by atoms with van der Waals surface area (Å²) in [6.45, 7) is 0. The zero-order valence-corrected chi connectivity index (χ0v) is 12.2. The molecular weight excluding hydrogens is 250 g/mol. The first-order valence-corrected chi connectivity index (χ1v) is 7.96. The Hall–Kier alpha value is -1.25. The molecular formula is C17H21NS. The average molecular weight is 271 g/mol. The van der Waals surface area contributed by atoms with Gasteiger partial charge in [-0.3, -0.25) is 0 Å². The van der Waals surface area contributed by atoms with Crippen molar-refractivity contribution in [2.45, 2.75) is 30.2 Å². The fraction of sp³-hybridized carbons (Fsp3) is 0.294. The van der Waals surface area contributed by atoms with Crippen LogP contribution in [0.2, 0.25) is 0 Å². The molecule has 0 radical (unpaired) electrons. The van der Waals surface area contributed by atoms with Gasteiger partial charge < -0.3 is 5.73 Å². The van der Waals surface area contributed by atoms with Crippen LogP contribution in [-0.2, 0) is 6.42 Å². The summed E-state index contributed by atoms with van der Waals surface area (Å²) in [5.74, 6) is 0. The molecule has 0 spiro atoms. The van der Waals surface area contributed by atoms with Gasteiger partial charge in [-0.2, -0.15) is 0 Å². The van der Waals surface area contributed by atoms with E-state index in [-0.39, 0.29) is 6.04 Å². The largest absolute Gasteiger partial charge is 0.324 e. The van der Waals surface area contributed by atoms with Crippen molar-refractivity contribution in [1.82, 2.24) is 0 Å². The molecule has 0 aliphatic heterocycles. The molecule has 0 aliphatic carbocycles. The van der Waals surface area contributed by atoms with E-state index in [4.69, 9.17) is 5.73 Å². The average Bonchev–Trinajstić information content (AvgIpc) is 2.48. The van der Waals surface area contributed by atoms with E-state index in [9.17, 15) is 0 Å². The molecule has 0 fully saturated rings. The number of hydrogen-bond donors (Lipinski definition) is 1. The molecule has 1 atom stereocenters. The van der Waals surface area contributed by atoms with E-state index in [2.05, 4.69) is 60.9 Å². The second-order valence-electron chi connectivity index (χ2n) is 4.73. The molecule has 19 heavy (non-hydrogen) atoms. The van der Waals surface area contributed by atoms with Gasteiger partial charge >= 0.3 is 0 Å². The van der Waals surface area contributed by atoms with Crippen LogP contribution in [0.1, 0.15) is 30.0 Å². The molecule has 100 valence electrons. The van der Waals surface area contributed by atoms with Crippen molar-refractivity contribution >= 4 is 11.8 Å². The molecule has 0 saturated heterocycles. The van der Waals surface area contributed by atoms with Gasteiger partial charge in [0, 0.05) is 10.9 Å². The highest BCUT2D eigenvalue weighted by atomic mass is 32.2. The third kappa shape index (κ3) is 4.12. The predicted molar refractivity (Wildman–Crippen MR) is 84.5 cm³/mol. The topological polar surface area (TPSA) is 26.0 Å². The van der Waals surface area contributed by atoms with Crippen LogP contribution in [-0.4, -0.2) is 6.26 Å². The lowest BCUT2D eigenvalue weighted by atomic mass is 10.00. The zero-order chi connectivity index (χ0) is 13.5. The summed E-state index contributed by atoms with van der Waals surface area (Å²) in [5.41, 5.74) is 9.00.